The van der Waals surface area contributed by atoms with E-state index >= 15 is 0 Å². The standard InChI is InChI=1S/C10H15.2C7H7.NO.W/c1-6-7(2)9(4)10(5)8(6)3;2*1-7-5-3-2-4-6-7;1-2;/h1-5H3;2*2-3,5-6H,1H3;;/q;2*-1;;+2. The van der Waals surface area contributed by atoms with Crippen LogP contribution in [0.25, 0.3) is 0 Å². The summed E-state index contributed by atoms with van der Waals surface area (Å²) in [5, 5.41) is 0. The van der Waals surface area contributed by atoms with E-state index in [4.69, 9.17) is 10.5 Å². The molecule has 142 valence electrons. The smallest absolute Gasteiger partial charge is 0.184 e. The number of hydrogen-bond donors (Lipinski definition) is 0. The van der Waals surface area contributed by atoms with E-state index in [1.54, 1.807) is 0 Å². The maximum Gasteiger partial charge on any atom is 2.00 e. The third-order valence-electron chi connectivity index (χ3n) is 4.54. The van der Waals surface area contributed by atoms with Gasteiger partial charge in [0.15, 0.2) is 0 Å². The molecule has 3 rings (SSSR count). The fraction of sp³-hybridized carbons (Fsp3) is 0.292. The van der Waals surface area contributed by atoms with Crippen molar-refractivity contribution in [3.05, 3.63) is 106 Å². The molecule has 0 unspecified atom stereocenters. The van der Waals surface area contributed by atoms with Crippen LogP contribution in [0, 0.1) is 60.5 Å². The molecule has 6 radical (unpaired) electrons. The maximum absolute atomic E-state index is 7.25. The first-order valence-electron chi connectivity index (χ1n) is 8.58. The summed E-state index contributed by atoms with van der Waals surface area (Å²) < 4.78 is 0. The monoisotopic (exact) mass is 531 g/mol. The molecular weight excluding hydrogens is 502 g/mol. The van der Waals surface area contributed by atoms with Gasteiger partial charge in [0.25, 0.3) is 0 Å². The summed E-state index contributed by atoms with van der Waals surface area (Å²) in [5.74, 6) is 7.34. The molecule has 0 N–H and O–H groups in total. The largest absolute Gasteiger partial charge is 2.00 e. The van der Waals surface area contributed by atoms with Crippen LogP contribution in [-0.2, 0) is 21.1 Å². The van der Waals surface area contributed by atoms with E-state index in [9.17, 15) is 0 Å². The SMILES string of the molecule is C[C]1[C](C)[C](C)[C](C)[C]1C.Cc1c[c-]ccc1.Cc1c[c-]ccc1.[N]=O.[W+2]. The molecule has 2 nitrogen and oxygen atoms in total. The van der Waals surface area contributed by atoms with Crippen LogP contribution in [0.5, 0.6) is 0 Å². The van der Waals surface area contributed by atoms with Crippen molar-refractivity contribution < 1.29 is 21.1 Å². The second kappa shape index (κ2) is 15.8. The Morgan fingerprint density at radius 1 is 0.593 bits per heavy atom. The van der Waals surface area contributed by atoms with Crippen LogP contribution in [0.1, 0.15) is 45.7 Å². The van der Waals surface area contributed by atoms with Crippen molar-refractivity contribution in [2.75, 3.05) is 0 Å². The summed E-state index contributed by atoms with van der Waals surface area (Å²) in [6.07, 6.45) is 0. The molecule has 2 aromatic rings. The summed E-state index contributed by atoms with van der Waals surface area (Å²) in [6.45, 7) is 15.1. The Balaban J connectivity index is 0. The molecular formula is C24H29NOW. The Labute approximate surface area is 181 Å². The van der Waals surface area contributed by atoms with Crippen LogP contribution in [0.4, 0.5) is 0 Å². The van der Waals surface area contributed by atoms with Crippen molar-refractivity contribution in [2.24, 2.45) is 0 Å². The van der Waals surface area contributed by atoms with E-state index in [0.29, 0.717) is 0 Å². The molecule has 0 amide bonds. The molecule has 3 heteroatoms. The van der Waals surface area contributed by atoms with Crippen LogP contribution in [0.15, 0.2) is 48.5 Å². The van der Waals surface area contributed by atoms with Crippen molar-refractivity contribution in [1.29, 1.82) is 0 Å². The number of nitroso groups, excluding NO2 is 1. The molecule has 0 atom stereocenters. The molecule has 2 aromatic carbocycles. The Bertz CT molecular complexity index is 493. The Kier molecular flexibility index (Phi) is 16.3. The first-order valence-corrected chi connectivity index (χ1v) is 8.58. The Morgan fingerprint density at radius 2 is 0.852 bits per heavy atom. The normalized spacial score (nSPS) is 15.2. The fourth-order valence-electron chi connectivity index (χ4n) is 2.37. The molecule has 0 aromatic heterocycles. The molecule has 1 aliphatic carbocycles. The summed E-state index contributed by atoms with van der Waals surface area (Å²) in [7, 11) is 0. The molecule has 0 heterocycles. The summed E-state index contributed by atoms with van der Waals surface area (Å²) in [5.41, 5.74) is 8.28. The molecule has 1 aliphatic rings. The number of nitrogens with zero attached hydrogens (tertiary/aromatic N) is 1. The predicted molar refractivity (Wildman–Crippen MR) is 110 cm³/mol. The van der Waals surface area contributed by atoms with Crippen molar-refractivity contribution >= 4 is 0 Å². The average molecular weight is 531 g/mol. The van der Waals surface area contributed by atoms with Gasteiger partial charge in [-0.2, -0.15) is 71.8 Å². The third kappa shape index (κ3) is 10.6. The van der Waals surface area contributed by atoms with Gasteiger partial charge < -0.3 is 0 Å². The van der Waals surface area contributed by atoms with Gasteiger partial charge >= 0.3 is 21.1 Å². The van der Waals surface area contributed by atoms with Crippen LogP contribution >= 0.6 is 0 Å². The van der Waals surface area contributed by atoms with Crippen molar-refractivity contribution in [2.45, 2.75) is 48.5 Å². The van der Waals surface area contributed by atoms with E-state index in [-0.39, 0.29) is 21.1 Å². The molecule has 0 aliphatic heterocycles. The van der Waals surface area contributed by atoms with Crippen LogP contribution in [0.3, 0.4) is 0 Å². The number of benzene rings is 2. The van der Waals surface area contributed by atoms with Crippen molar-refractivity contribution in [3.63, 3.8) is 0 Å². The number of hydrogen-bond acceptors (Lipinski definition) is 1. The van der Waals surface area contributed by atoms with Gasteiger partial charge in [-0.15, -0.1) is 4.91 Å². The zero-order chi connectivity index (χ0) is 20.1. The summed E-state index contributed by atoms with van der Waals surface area (Å²) in [4.78, 5) is 7.25. The Morgan fingerprint density at radius 3 is 0.963 bits per heavy atom. The zero-order valence-corrected chi connectivity index (χ0v) is 20.3. The van der Waals surface area contributed by atoms with E-state index in [0.717, 1.165) is 0 Å². The fourth-order valence-corrected chi connectivity index (χ4v) is 2.37. The van der Waals surface area contributed by atoms with Gasteiger partial charge in [-0.3, -0.25) is 0 Å². The molecule has 0 saturated heterocycles. The Hall–Kier alpha value is -1.27. The molecule has 27 heavy (non-hydrogen) atoms. The first kappa shape index (κ1) is 27.9. The summed E-state index contributed by atoms with van der Waals surface area (Å²) >= 11 is 0. The predicted octanol–water partition coefficient (Wildman–Crippen LogP) is 6.11. The van der Waals surface area contributed by atoms with E-state index in [1.807, 2.05) is 36.4 Å². The first-order chi connectivity index (χ1) is 12.3. The van der Waals surface area contributed by atoms with Crippen LogP contribution in [-0.4, -0.2) is 0 Å². The second-order valence-electron chi connectivity index (χ2n) is 6.29. The van der Waals surface area contributed by atoms with Gasteiger partial charge in [0, 0.05) is 0 Å². The molecule has 1 saturated carbocycles. The second-order valence-corrected chi connectivity index (χ2v) is 6.29. The number of aryl methyl sites for hydroxylation is 2. The molecule has 1 fully saturated rings. The van der Waals surface area contributed by atoms with Gasteiger partial charge in [0.05, 0.1) is 0 Å². The molecule has 0 bridgehead atoms. The maximum atomic E-state index is 7.25. The van der Waals surface area contributed by atoms with Gasteiger partial charge in [-0.1, -0.05) is 48.5 Å². The topological polar surface area (TPSA) is 39.4 Å². The van der Waals surface area contributed by atoms with E-state index < -0.39 is 0 Å². The minimum atomic E-state index is 0. The van der Waals surface area contributed by atoms with Crippen molar-refractivity contribution in [1.82, 2.24) is 5.59 Å². The summed E-state index contributed by atoms with van der Waals surface area (Å²) in [6, 6.07) is 21.7. The zero-order valence-electron chi connectivity index (χ0n) is 17.4. The van der Waals surface area contributed by atoms with Gasteiger partial charge in [0.2, 0.25) is 0 Å². The van der Waals surface area contributed by atoms with E-state index in [1.165, 1.54) is 40.7 Å². The average Bonchev–Trinajstić information content (AvgIpc) is 2.83. The van der Waals surface area contributed by atoms with E-state index in [2.05, 4.69) is 72.7 Å². The van der Waals surface area contributed by atoms with Gasteiger partial charge in [-0.05, 0) is 29.6 Å². The van der Waals surface area contributed by atoms with Crippen molar-refractivity contribution in [3.8, 4) is 0 Å². The van der Waals surface area contributed by atoms with Crippen LogP contribution in [0.2, 0.25) is 0 Å². The number of rotatable bonds is 0. The third-order valence-corrected chi connectivity index (χ3v) is 4.54. The quantitative estimate of drug-likeness (QED) is 0.378. The minimum absolute atomic E-state index is 0. The van der Waals surface area contributed by atoms with Crippen LogP contribution < -0.4 is 5.59 Å². The minimum Gasteiger partial charge on any atom is -0.184 e. The van der Waals surface area contributed by atoms with Gasteiger partial charge in [-0.25, -0.2) is 0 Å². The molecule has 0 spiro atoms. The van der Waals surface area contributed by atoms with Gasteiger partial charge in [0.1, 0.15) is 5.59 Å².